The molecule has 0 heterocycles. The molecule has 0 unspecified atom stereocenters. The average molecular weight is 549 g/mol. The summed E-state index contributed by atoms with van der Waals surface area (Å²) in [6.07, 6.45) is 0.454. The van der Waals surface area contributed by atoms with Gasteiger partial charge in [0.1, 0.15) is 0 Å². The lowest BCUT2D eigenvalue weighted by Crippen LogP contribution is -2.35. The first-order chi connectivity index (χ1) is 19.9. The van der Waals surface area contributed by atoms with E-state index >= 15 is 0 Å². The van der Waals surface area contributed by atoms with Crippen molar-refractivity contribution in [3.63, 3.8) is 0 Å². The SMILES string of the molecule is CCN(Cc1ccccc1)C(=O)c1ccccc1-c1ccccc1C(=O)N(CCC(=O)O)CCc1ccc(C)cc1. The number of benzene rings is 4. The number of carbonyl (C=O) groups is 3. The summed E-state index contributed by atoms with van der Waals surface area (Å²) in [4.78, 5) is 42.6. The number of carboxylic acid groups (broad SMARTS) is 1. The first-order valence-corrected chi connectivity index (χ1v) is 14.0. The summed E-state index contributed by atoms with van der Waals surface area (Å²) in [5, 5.41) is 9.36. The van der Waals surface area contributed by atoms with Gasteiger partial charge < -0.3 is 14.9 Å². The van der Waals surface area contributed by atoms with Crippen molar-refractivity contribution in [3.8, 4) is 11.1 Å². The largest absolute Gasteiger partial charge is 0.481 e. The zero-order valence-corrected chi connectivity index (χ0v) is 23.6. The molecule has 6 heteroatoms. The Morgan fingerprint density at radius 2 is 1.17 bits per heavy atom. The third-order valence-corrected chi connectivity index (χ3v) is 7.16. The predicted molar refractivity (Wildman–Crippen MR) is 162 cm³/mol. The van der Waals surface area contributed by atoms with Crippen LogP contribution in [0.4, 0.5) is 0 Å². The molecule has 0 saturated heterocycles. The van der Waals surface area contributed by atoms with Crippen LogP contribution in [0.15, 0.2) is 103 Å². The van der Waals surface area contributed by atoms with E-state index in [-0.39, 0.29) is 24.8 Å². The van der Waals surface area contributed by atoms with Crippen LogP contribution in [0, 0.1) is 6.92 Å². The topological polar surface area (TPSA) is 77.9 Å². The summed E-state index contributed by atoms with van der Waals surface area (Å²) in [6.45, 7) is 5.46. The summed E-state index contributed by atoms with van der Waals surface area (Å²) in [5.41, 5.74) is 5.54. The second-order valence-electron chi connectivity index (χ2n) is 10.1. The van der Waals surface area contributed by atoms with Crippen LogP contribution in [-0.4, -0.2) is 52.3 Å². The fourth-order valence-corrected chi connectivity index (χ4v) is 4.84. The minimum atomic E-state index is -0.958. The van der Waals surface area contributed by atoms with E-state index in [0.29, 0.717) is 48.3 Å². The highest BCUT2D eigenvalue weighted by Gasteiger charge is 2.24. The molecule has 210 valence electrons. The summed E-state index contributed by atoms with van der Waals surface area (Å²) in [5.74, 6) is -1.33. The van der Waals surface area contributed by atoms with Crippen molar-refractivity contribution in [1.82, 2.24) is 9.80 Å². The Hall–Kier alpha value is -4.71. The van der Waals surface area contributed by atoms with Crippen LogP contribution in [0.1, 0.15) is 50.8 Å². The molecular weight excluding hydrogens is 512 g/mol. The van der Waals surface area contributed by atoms with Gasteiger partial charge in [-0.25, -0.2) is 0 Å². The van der Waals surface area contributed by atoms with Crippen LogP contribution in [0.2, 0.25) is 0 Å². The van der Waals surface area contributed by atoms with Crippen LogP contribution < -0.4 is 0 Å². The summed E-state index contributed by atoms with van der Waals surface area (Å²) < 4.78 is 0. The number of hydrogen-bond acceptors (Lipinski definition) is 3. The Kier molecular flexibility index (Phi) is 10.1. The fourth-order valence-electron chi connectivity index (χ4n) is 4.84. The Bertz CT molecular complexity index is 1480. The Labute approximate surface area is 241 Å². The highest BCUT2D eigenvalue weighted by atomic mass is 16.4. The van der Waals surface area contributed by atoms with Gasteiger partial charge in [0, 0.05) is 37.3 Å². The monoisotopic (exact) mass is 548 g/mol. The molecule has 4 aromatic rings. The van der Waals surface area contributed by atoms with E-state index in [0.717, 1.165) is 16.7 Å². The van der Waals surface area contributed by atoms with Crippen molar-refractivity contribution in [3.05, 3.63) is 131 Å². The van der Waals surface area contributed by atoms with Crippen molar-refractivity contribution in [2.24, 2.45) is 0 Å². The highest BCUT2D eigenvalue weighted by molar-refractivity contribution is 6.06. The lowest BCUT2D eigenvalue weighted by atomic mass is 9.93. The molecule has 1 N–H and O–H groups in total. The summed E-state index contributed by atoms with van der Waals surface area (Å²) in [7, 11) is 0. The molecule has 0 fully saturated rings. The van der Waals surface area contributed by atoms with Gasteiger partial charge in [0.2, 0.25) is 0 Å². The van der Waals surface area contributed by atoms with Crippen molar-refractivity contribution in [1.29, 1.82) is 0 Å². The van der Waals surface area contributed by atoms with Crippen molar-refractivity contribution >= 4 is 17.8 Å². The third kappa shape index (κ3) is 7.70. The second-order valence-corrected chi connectivity index (χ2v) is 10.1. The number of amides is 2. The molecule has 0 radical (unpaired) electrons. The van der Waals surface area contributed by atoms with Crippen LogP contribution >= 0.6 is 0 Å². The zero-order chi connectivity index (χ0) is 29.2. The molecule has 0 bridgehead atoms. The van der Waals surface area contributed by atoms with Gasteiger partial charge in [-0.3, -0.25) is 14.4 Å². The van der Waals surface area contributed by atoms with E-state index in [2.05, 4.69) is 0 Å². The van der Waals surface area contributed by atoms with Crippen LogP contribution in [0.25, 0.3) is 11.1 Å². The van der Waals surface area contributed by atoms with Gasteiger partial charge in [-0.15, -0.1) is 0 Å². The number of carboxylic acids is 1. The molecule has 0 spiro atoms. The number of nitrogens with zero attached hydrogens (tertiary/aromatic N) is 2. The maximum atomic E-state index is 14.0. The Morgan fingerprint density at radius 3 is 1.73 bits per heavy atom. The smallest absolute Gasteiger partial charge is 0.305 e. The highest BCUT2D eigenvalue weighted by Crippen LogP contribution is 2.29. The van der Waals surface area contributed by atoms with Gasteiger partial charge in [-0.1, -0.05) is 96.6 Å². The fraction of sp³-hybridized carbons (Fsp3) is 0.229. The van der Waals surface area contributed by atoms with Gasteiger partial charge >= 0.3 is 5.97 Å². The van der Waals surface area contributed by atoms with E-state index < -0.39 is 5.97 Å². The van der Waals surface area contributed by atoms with E-state index in [4.69, 9.17) is 0 Å². The lowest BCUT2D eigenvalue weighted by Gasteiger charge is -2.25. The number of hydrogen-bond donors (Lipinski definition) is 1. The summed E-state index contributed by atoms with van der Waals surface area (Å²) >= 11 is 0. The molecule has 4 aromatic carbocycles. The van der Waals surface area contributed by atoms with E-state index in [1.807, 2.05) is 98.8 Å². The minimum absolute atomic E-state index is 0.0929. The predicted octanol–water partition coefficient (Wildman–Crippen LogP) is 6.48. The first kappa shape index (κ1) is 29.3. The van der Waals surface area contributed by atoms with E-state index in [1.165, 1.54) is 0 Å². The summed E-state index contributed by atoms with van der Waals surface area (Å²) in [6, 6.07) is 32.6. The van der Waals surface area contributed by atoms with Gasteiger partial charge in [-0.05, 0) is 54.7 Å². The number of aliphatic carboxylic acids is 1. The van der Waals surface area contributed by atoms with E-state index in [9.17, 15) is 19.5 Å². The molecule has 0 aliphatic heterocycles. The quantitative estimate of drug-likeness (QED) is 0.220. The normalized spacial score (nSPS) is 10.7. The molecular formula is C35H36N2O4. The molecule has 0 aromatic heterocycles. The molecule has 0 atom stereocenters. The maximum Gasteiger partial charge on any atom is 0.305 e. The van der Waals surface area contributed by atoms with Crippen LogP contribution in [0.5, 0.6) is 0 Å². The van der Waals surface area contributed by atoms with Crippen LogP contribution in [-0.2, 0) is 17.8 Å². The van der Waals surface area contributed by atoms with Crippen molar-refractivity contribution in [2.75, 3.05) is 19.6 Å². The van der Waals surface area contributed by atoms with E-state index in [1.54, 1.807) is 28.0 Å². The minimum Gasteiger partial charge on any atom is -0.481 e. The van der Waals surface area contributed by atoms with Gasteiger partial charge in [0.25, 0.3) is 11.8 Å². The second kappa shape index (κ2) is 14.1. The number of carbonyl (C=O) groups excluding carboxylic acids is 2. The number of rotatable bonds is 12. The van der Waals surface area contributed by atoms with Crippen molar-refractivity contribution < 1.29 is 19.5 Å². The Morgan fingerprint density at radius 1 is 0.634 bits per heavy atom. The van der Waals surface area contributed by atoms with Gasteiger partial charge in [-0.2, -0.15) is 0 Å². The van der Waals surface area contributed by atoms with Gasteiger partial charge in [0.05, 0.1) is 6.42 Å². The lowest BCUT2D eigenvalue weighted by molar-refractivity contribution is -0.137. The first-order valence-electron chi connectivity index (χ1n) is 14.0. The molecule has 41 heavy (non-hydrogen) atoms. The zero-order valence-electron chi connectivity index (χ0n) is 23.6. The maximum absolute atomic E-state index is 14.0. The molecule has 6 nitrogen and oxygen atoms in total. The average Bonchev–Trinajstić information content (AvgIpc) is 3.00. The standard InChI is InChI=1S/C35H36N2O4/c1-3-36(25-28-11-5-4-6-12-28)34(40)31-15-9-7-13-29(31)30-14-8-10-16-32(30)35(41)37(24-22-33(38)39)23-21-27-19-17-26(2)18-20-27/h4-20H,3,21-25H2,1-2H3,(H,38,39). The van der Waals surface area contributed by atoms with Crippen LogP contribution in [0.3, 0.4) is 0 Å². The molecule has 4 rings (SSSR count). The molecule has 0 aliphatic carbocycles. The molecule has 2 amide bonds. The number of aryl methyl sites for hydroxylation is 1. The van der Waals surface area contributed by atoms with Crippen molar-refractivity contribution in [2.45, 2.75) is 33.2 Å². The Balaban J connectivity index is 1.65. The molecule has 0 saturated carbocycles. The third-order valence-electron chi connectivity index (χ3n) is 7.16. The molecule has 0 aliphatic rings. The van der Waals surface area contributed by atoms with Gasteiger partial charge in [0.15, 0.2) is 0 Å².